The van der Waals surface area contributed by atoms with E-state index in [0.29, 0.717) is 23.7 Å². The molecule has 1 heterocycles. The van der Waals surface area contributed by atoms with E-state index in [2.05, 4.69) is 12.2 Å². The van der Waals surface area contributed by atoms with Gasteiger partial charge in [0.05, 0.1) is 17.5 Å². The van der Waals surface area contributed by atoms with Crippen molar-refractivity contribution in [1.82, 2.24) is 0 Å². The van der Waals surface area contributed by atoms with E-state index in [1.54, 1.807) is 0 Å². The molecule has 2 saturated carbocycles. The number of carbonyl (C=O) groups excluding carboxylic acids is 2. The first-order chi connectivity index (χ1) is 10.6. The Labute approximate surface area is 130 Å². The van der Waals surface area contributed by atoms with Crippen LogP contribution in [0.5, 0.6) is 0 Å². The van der Waals surface area contributed by atoms with Gasteiger partial charge in [-0.15, -0.1) is 0 Å². The van der Waals surface area contributed by atoms with Crippen LogP contribution in [0.15, 0.2) is 30.4 Å². The molecule has 6 atom stereocenters. The number of para-hydroxylation sites is 1. The van der Waals surface area contributed by atoms with Crippen molar-refractivity contribution in [2.45, 2.75) is 20.3 Å². The summed E-state index contributed by atoms with van der Waals surface area (Å²) < 4.78 is 0. The molecular weight excluding hydrogens is 274 g/mol. The summed E-state index contributed by atoms with van der Waals surface area (Å²) in [6, 6.07) is 5.94. The van der Waals surface area contributed by atoms with E-state index in [0.717, 1.165) is 16.8 Å². The van der Waals surface area contributed by atoms with Crippen molar-refractivity contribution in [3.63, 3.8) is 0 Å². The van der Waals surface area contributed by atoms with Crippen LogP contribution in [0.25, 0.3) is 0 Å². The van der Waals surface area contributed by atoms with Crippen LogP contribution < -0.4 is 4.90 Å². The van der Waals surface area contributed by atoms with Gasteiger partial charge in [0.2, 0.25) is 11.8 Å². The maximum absolute atomic E-state index is 13.1. The largest absolute Gasteiger partial charge is 0.274 e. The summed E-state index contributed by atoms with van der Waals surface area (Å²) in [4.78, 5) is 27.7. The molecule has 3 heteroatoms. The highest BCUT2D eigenvalue weighted by molar-refractivity contribution is 6.23. The number of benzene rings is 1. The molecule has 2 bridgehead atoms. The molecule has 1 aromatic carbocycles. The lowest BCUT2D eigenvalue weighted by atomic mass is 9.63. The fourth-order valence-corrected chi connectivity index (χ4v) is 5.34. The lowest BCUT2D eigenvalue weighted by molar-refractivity contribution is -0.124. The second-order valence-electron chi connectivity index (χ2n) is 7.41. The van der Waals surface area contributed by atoms with Crippen molar-refractivity contribution in [3.8, 4) is 0 Å². The third kappa shape index (κ3) is 1.33. The Hall–Kier alpha value is -1.90. The normalized spacial score (nSPS) is 40.9. The highest BCUT2D eigenvalue weighted by atomic mass is 16.2. The number of amides is 2. The van der Waals surface area contributed by atoms with Crippen LogP contribution in [-0.2, 0) is 9.59 Å². The lowest BCUT2D eigenvalue weighted by Gasteiger charge is -2.37. The molecule has 0 radical (unpaired) electrons. The number of imide groups is 1. The molecule has 3 fully saturated rings. The highest BCUT2D eigenvalue weighted by Gasteiger charge is 2.67. The van der Waals surface area contributed by atoms with Gasteiger partial charge in [-0.1, -0.05) is 30.4 Å². The first kappa shape index (κ1) is 12.6. The van der Waals surface area contributed by atoms with Gasteiger partial charge in [-0.2, -0.15) is 0 Å². The Balaban J connectivity index is 1.64. The Bertz CT molecular complexity index is 694. The number of aryl methyl sites for hydroxylation is 2. The van der Waals surface area contributed by atoms with E-state index in [1.807, 2.05) is 32.0 Å². The molecular formula is C19H19NO2. The van der Waals surface area contributed by atoms with Crippen LogP contribution in [0, 0.1) is 49.4 Å². The van der Waals surface area contributed by atoms with Gasteiger partial charge in [0.15, 0.2) is 0 Å². The van der Waals surface area contributed by atoms with Crippen molar-refractivity contribution in [1.29, 1.82) is 0 Å². The molecule has 1 aromatic rings. The molecule has 6 unspecified atom stereocenters. The predicted octanol–water partition coefficient (Wildman–Crippen LogP) is 2.86. The predicted molar refractivity (Wildman–Crippen MR) is 83.1 cm³/mol. The number of nitrogens with zero attached hydrogens (tertiary/aromatic N) is 1. The fraction of sp³-hybridized carbons (Fsp3) is 0.474. The minimum atomic E-state index is -0.106. The topological polar surface area (TPSA) is 37.4 Å². The number of carbonyl (C=O) groups is 2. The molecule has 1 saturated heterocycles. The minimum absolute atomic E-state index is 0.0390. The second kappa shape index (κ2) is 3.89. The molecule has 22 heavy (non-hydrogen) atoms. The maximum Gasteiger partial charge on any atom is 0.238 e. The van der Waals surface area contributed by atoms with E-state index in [9.17, 15) is 9.59 Å². The summed E-state index contributed by atoms with van der Waals surface area (Å²) in [5.41, 5.74) is 2.83. The van der Waals surface area contributed by atoms with E-state index >= 15 is 0 Å². The van der Waals surface area contributed by atoms with E-state index < -0.39 is 0 Å². The zero-order valence-corrected chi connectivity index (χ0v) is 12.8. The molecule has 3 nitrogen and oxygen atoms in total. The Morgan fingerprint density at radius 1 is 0.909 bits per heavy atom. The van der Waals surface area contributed by atoms with Crippen molar-refractivity contribution in [3.05, 3.63) is 41.5 Å². The number of hydrogen-bond acceptors (Lipinski definition) is 2. The van der Waals surface area contributed by atoms with Crippen molar-refractivity contribution >= 4 is 17.5 Å². The highest BCUT2D eigenvalue weighted by Crippen LogP contribution is 2.65. The number of rotatable bonds is 1. The second-order valence-corrected chi connectivity index (χ2v) is 7.41. The van der Waals surface area contributed by atoms with E-state index in [-0.39, 0.29) is 23.7 Å². The van der Waals surface area contributed by atoms with Crippen LogP contribution in [0.2, 0.25) is 0 Å². The summed E-state index contributed by atoms with van der Waals surface area (Å²) in [5.74, 6) is 1.78. The van der Waals surface area contributed by atoms with Gasteiger partial charge in [0, 0.05) is 0 Å². The Morgan fingerprint density at radius 2 is 1.41 bits per heavy atom. The quantitative estimate of drug-likeness (QED) is 0.590. The third-order valence-electron chi connectivity index (χ3n) is 6.33. The van der Waals surface area contributed by atoms with Crippen LogP contribution in [0.3, 0.4) is 0 Å². The van der Waals surface area contributed by atoms with E-state index in [4.69, 9.17) is 0 Å². The van der Waals surface area contributed by atoms with Crippen LogP contribution >= 0.6 is 0 Å². The average molecular weight is 293 g/mol. The van der Waals surface area contributed by atoms with Crippen molar-refractivity contribution < 1.29 is 9.59 Å². The van der Waals surface area contributed by atoms with Crippen molar-refractivity contribution in [2.24, 2.45) is 35.5 Å². The molecule has 1 aliphatic heterocycles. The summed E-state index contributed by atoms with van der Waals surface area (Å²) in [7, 11) is 0. The van der Waals surface area contributed by atoms with E-state index in [1.165, 1.54) is 11.3 Å². The smallest absolute Gasteiger partial charge is 0.238 e. The molecule has 112 valence electrons. The average Bonchev–Trinajstić information content (AvgIpc) is 3.27. The molecule has 6 rings (SSSR count). The zero-order valence-electron chi connectivity index (χ0n) is 12.8. The zero-order chi connectivity index (χ0) is 15.2. The van der Waals surface area contributed by atoms with Gasteiger partial charge in [-0.25, -0.2) is 4.90 Å². The summed E-state index contributed by atoms with van der Waals surface area (Å²) in [6.45, 7) is 3.96. The number of allylic oxidation sites excluding steroid dienone is 2. The monoisotopic (exact) mass is 293 g/mol. The van der Waals surface area contributed by atoms with Gasteiger partial charge in [0.1, 0.15) is 0 Å². The van der Waals surface area contributed by atoms with Crippen LogP contribution in [-0.4, -0.2) is 11.8 Å². The third-order valence-corrected chi connectivity index (χ3v) is 6.33. The van der Waals surface area contributed by atoms with Gasteiger partial charge >= 0.3 is 0 Å². The summed E-state index contributed by atoms with van der Waals surface area (Å²) in [6.07, 6.45) is 5.65. The molecule has 2 amide bonds. The van der Waals surface area contributed by atoms with Crippen LogP contribution in [0.1, 0.15) is 17.5 Å². The maximum atomic E-state index is 13.1. The standard InChI is InChI=1S/C19H19NO2/c1-9-4-3-5-10(2)17(9)20-18(21)15-11-6-7-12(14-8-13(11)14)16(15)19(20)22/h3-7,11-16H,8H2,1-2H3. The summed E-state index contributed by atoms with van der Waals surface area (Å²) in [5, 5.41) is 0. The summed E-state index contributed by atoms with van der Waals surface area (Å²) >= 11 is 0. The van der Waals surface area contributed by atoms with Crippen molar-refractivity contribution in [2.75, 3.05) is 4.90 Å². The molecule has 0 aromatic heterocycles. The Kier molecular flexibility index (Phi) is 2.23. The number of hydrogen-bond donors (Lipinski definition) is 0. The SMILES string of the molecule is Cc1cccc(C)c1N1C(=O)C2C3C=CC(C4CC34)C2C1=O. The first-order valence-electron chi connectivity index (χ1n) is 8.22. The van der Waals surface area contributed by atoms with Crippen LogP contribution in [0.4, 0.5) is 5.69 Å². The van der Waals surface area contributed by atoms with Gasteiger partial charge < -0.3 is 0 Å². The molecule has 0 N–H and O–H groups in total. The lowest BCUT2D eigenvalue weighted by Crippen LogP contribution is -2.40. The Morgan fingerprint density at radius 3 is 1.91 bits per heavy atom. The molecule has 5 aliphatic rings. The first-order valence-corrected chi connectivity index (χ1v) is 8.22. The number of anilines is 1. The van der Waals surface area contributed by atoms with Gasteiger partial charge in [-0.3, -0.25) is 9.59 Å². The van der Waals surface area contributed by atoms with Gasteiger partial charge in [0.25, 0.3) is 0 Å². The fourth-order valence-electron chi connectivity index (χ4n) is 5.34. The molecule has 4 aliphatic carbocycles. The molecule has 0 spiro atoms. The van der Waals surface area contributed by atoms with Gasteiger partial charge in [-0.05, 0) is 55.1 Å². The minimum Gasteiger partial charge on any atom is -0.274 e.